The molecule has 140 valence electrons. The fraction of sp³-hybridized carbons (Fsp3) is 0.450. The molecule has 4 N–H and O–H groups in total. The van der Waals surface area contributed by atoms with Gasteiger partial charge in [0.05, 0.1) is 6.33 Å². The zero-order valence-corrected chi connectivity index (χ0v) is 15.6. The molecule has 3 aromatic rings. The van der Waals surface area contributed by atoms with Crippen LogP contribution < -0.4 is 16.0 Å². The van der Waals surface area contributed by atoms with E-state index in [4.69, 9.17) is 10.7 Å². The number of hydrogen-bond donors (Lipinski definition) is 3. The van der Waals surface area contributed by atoms with Gasteiger partial charge in [0.15, 0.2) is 11.5 Å². The highest BCUT2D eigenvalue weighted by Crippen LogP contribution is 2.37. The zero-order chi connectivity index (χ0) is 18.4. The molecule has 7 heteroatoms. The quantitative estimate of drug-likeness (QED) is 0.662. The van der Waals surface area contributed by atoms with Gasteiger partial charge in [-0.15, -0.1) is 0 Å². The van der Waals surface area contributed by atoms with Crippen molar-refractivity contribution in [2.45, 2.75) is 51.1 Å². The van der Waals surface area contributed by atoms with Crippen LogP contribution in [0.4, 0.5) is 17.5 Å². The molecule has 27 heavy (non-hydrogen) atoms. The maximum absolute atomic E-state index is 6.03. The molecular weight excluding hydrogens is 338 g/mol. The minimum absolute atomic E-state index is 0.331. The second-order valence-electron chi connectivity index (χ2n) is 7.76. The first-order valence-electron chi connectivity index (χ1n) is 9.77. The molecular formula is C20H25N7. The molecule has 1 aliphatic carbocycles. The van der Waals surface area contributed by atoms with E-state index in [0.717, 1.165) is 50.0 Å². The Balaban J connectivity index is 1.50. The normalized spacial score (nSPS) is 22.2. The summed E-state index contributed by atoms with van der Waals surface area (Å²) in [6, 6.07) is 7.33. The van der Waals surface area contributed by atoms with Crippen molar-refractivity contribution in [3.8, 4) is 0 Å². The van der Waals surface area contributed by atoms with Crippen LogP contribution in [-0.4, -0.2) is 38.6 Å². The van der Waals surface area contributed by atoms with E-state index >= 15 is 0 Å². The van der Waals surface area contributed by atoms with E-state index in [1.807, 2.05) is 0 Å². The molecule has 0 amide bonds. The summed E-state index contributed by atoms with van der Waals surface area (Å²) >= 11 is 0. The summed E-state index contributed by atoms with van der Waals surface area (Å²) in [5.41, 5.74) is 11.5. The van der Waals surface area contributed by atoms with E-state index in [1.54, 1.807) is 6.33 Å². The minimum atomic E-state index is 0.331. The van der Waals surface area contributed by atoms with Gasteiger partial charge in [0.25, 0.3) is 0 Å². The molecule has 0 spiro atoms. The first kappa shape index (κ1) is 16.5. The molecule has 1 aromatic carbocycles. The number of anilines is 3. The lowest BCUT2D eigenvalue weighted by Crippen LogP contribution is -2.33. The molecule has 1 saturated carbocycles. The summed E-state index contributed by atoms with van der Waals surface area (Å²) in [5, 5.41) is 3.52. The Morgan fingerprint density at radius 3 is 2.89 bits per heavy atom. The summed E-state index contributed by atoms with van der Waals surface area (Å²) in [6.07, 6.45) is 6.94. The first-order valence-corrected chi connectivity index (χ1v) is 9.77. The Hall–Kier alpha value is -2.67. The number of aromatic amines is 1. The van der Waals surface area contributed by atoms with E-state index < -0.39 is 0 Å². The van der Waals surface area contributed by atoms with Gasteiger partial charge >= 0.3 is 0 Å². The highest BCUT2D eigenvalue weighted by Gasteiger charge is 2.26. The number of fused-ring (bicyclic) bond motifs is 2. The Labute approximate surface area is 158 Å². The third kappa shape index (κ3) is 3.02. The Morgan fingerprint density at radius 1 is 1.19 bits per heavy atom. The molecule has 2 aromatic heterocycles. The molecule has 1 fully saturated rings. The number of benzene rings is 1. The number of nitrogens with zero attached hydrogens (tertiary/aromatic N) is 4. The predicted octanol–water partition coefficient (Wildman–Crippen LogP) is 3.04. The fourth-order valence-electron chi connectivity index (χ4n) is 4.27. The summed E-state index contributed by atoms with van der Waals surface area (Å²) in [5.74, 6) is 1.56. The number of aromatic nitrogens is 4. The lowest BCUT2D eigenvalue weighted by atomic mass is 9.92. The number of rotatable bonds is 3. The van der Waals surface area contributed by atoms with Gasteiger partial charge in [-0.3, -0.25) is 0 Å². The van der Waals surface area contributed by atoms with Crippen LogP contribution in [0.1, 0.15) is 36.8 Å². The van der Waals surface area contributed by atoms with E-state index in [0.29, 0.717) is 23.7 Å². The van der Waals surface area contributed by atoms with Crippen molar-refractivity contribution in [3.63, 3.8) is 0 Å². The van der Waals surface area contributed by atoms with Gasteiger partial charge in [-0.2, -0.15) is 9.97 Å². The molecule has 2 aliphatic rings. The number of imidazole rings is 1. The lowest BCUT2D eigenvalue weighted by molar-refractivity contribution is 0.410. The number of aryl methyl sites for hydroxylation is 1. The SMILES string of the molecule is Cc1ccc2c(c1)CCN2c1nc(NC2CCC(N)CC2)nc2nc[nH]c12. The maximum atomic E-state index is 6.03. The third-order valence-electron chi connectivity index (χ3n) is 5.76. The van der Waals surface area contributed by atoms with Crippen LogP contribution in [0.15, 0.2) is 24.5 Å². The summed E-state index contributed by atoms with van der Waals surface area (Å²) in [7, 11) is 0. The second kappa shape index (κ2) is 6.49. The average Bonchev–Trinajstić information content (AvgIpc) is 3.29. The van der Waals surface area contributed by atoms with Crippen LogP contribution in [0.5, 0.6) is 0 Å². The van der Waals surface area contributed by atoms with Crippen LogP contribution in [-0.2, 0) is 6.42 Å². The van der Waals surface area contributed by atoms with E-state index in [2.05, 4.69) is 50.3 Å². The van der Waals surface area contributed by atoms with Crippen LogP contribution in [0, 0.1) is 6.92 Å². The number of hydrogen-bond acceptors (Lipinski definition) is 6. The van der Waals surface area contributed by atoms with Crippen molar-refractivity contribution in [2.75, 3.05) is 16.8 Å². The van der Waals surface area contributed by atoms with Crippen LogP contribution in [0.25, 0.3) is 11.2 Å². The molecule has 0 saturated heterocycles. The van der Waals surface area contributed by atoms with Crippen molar-refractivity contribution in [1.29, 1.82) is 0 Å². The highest BCUT2D eigenvalue weighted by molar-refractivity contribution is 5.88. The second-order valence-corrected chi connectivity index (χ2v) is 7.76. The van der Waals surface area contributed by atoms with Crippen LogP contribution >= 0.6 is 0 Å². The number of H-pyrrole nitrogens is 1. The van der Waals surface area contributed by atoms with Crippen molar-refractivity contribution in [1.82, 2.24) is 19.9 Å². The van der Waals surface area contributed by atoms with E-state index in [9.17, 15) is 0 Å². The Bertz CT molecular complexity index is 972. The molecule has 5 rings (SSSR count). The minimum Gasteiger partial charge on any atom is -0.351 e. The van der Waals surface area contributed by atoms with Gasteiger partial charge in [0, 0.05) is 24.3 Å². The predicted molar refractivity (Wildman–Crippen MR) is 107 cm³/mol. The summed E-state index contributed by atoms with van der Waals surface area (Å²) in [6.45, 7) is 3.06. The molecule has 0 bridgehead atoms. The number of nitrogens with one attached hydrogen (secondary N) is 2. The molecule has 0 radical (unpaired) electrons. The van der Waals surface area contributed by atoms with Gasteiger partial charge in [-0.25, -0.2) is 4.98 Å². The van der Waals surface area contributed by atoms with Gasteiger partial charge in [-0.1, -0.05) is 17.7 Å². The van der Waals surface area contributed by atoms with E-state index in [1.165, 1.54) is 16.8 Å². The molecule has 1 aliphatic heterocycles. The lowest BCUT2D eigenvalue weighted by Gasteiger charge is -2.27. The molecule has 7 nitrogen and oxygen atoms in total. The topological polar surface area (TPSA) is 95.8 Å². The largest absolute Gasteiger partial charge is 0.351 e. The summed E-state index contributed by atoms with van der Waals surface area (Å²) < 4.78 is 0. The zero-order valence-electron chi connectivity index (χ0n) is 15.6. The summed E-state index contributed by atoms with van der Waals surface area (Å²) in [4.78, 5) is 19.4. The van der Waals surface area contributed by atoms with Gasteiger partial charge in [-0.05, 0) is 50.7 Å². The van der Waals surface area contributed by atoms with Crippen molar-refractivity contribution in [3.05, 3.63) is 35.7 Å². The van der Waals surface area contributed by atoms with Gasteiger partial charge in [0.2, 0.25) is 5.95 Å². The fourth-order valence-corrected chi connectivity index (χ4v) is 4.27. The van der Waals surface area contributed by atoms with Crippen molar-refractivity contribution in [2.24, 2.45) is 5.73 Å². The Morgan fingerprint density at radius 2 is 2.04 bits per heavy atom. The molecule has 0 unspecified atom stereocenters. The standard InChI is InChI=1S/C20H25N7/c1-12-2-7-16-13(10-12)8-9-27(16)19-17-18(23-11-22-17)25-20(26-19)24-15-5-3-14(21)4-6-15/h2,7,10-11,14-15H,3-6,8-9,21H2,1H3,(H2,22,23,24,25,26). The van der Waals surface area contributed by atoms with Crippen molar-refractivity contribution < 1.29 is 0 Å². The number of nitrogens with two attached hydrogens (primary N) is 1. The smallest absolute Gasteiger partial charge is 0.227 e. The maximum Gasteiger partial charge on any atom is 0.227 e. The van der Waals surface area contributed by atoms with Crippen LogP contribution in [0.3, 0.4) is 0 Å². The Kier molecular flexibility index (Phi) is 3.97. The van der Waals surface area contributed by atoms with Gasteiger partial charge < -0.3 is 20.9 Å². The average molecular weight is 363 g/mol. The van der Waals surface area contributed by atoms with Crippen LogP contribution in [0.2, 0.25) is 0 Å². The van der Waals surface area contributed by atoms with Crippen molar-refractivity contribution >= 4 is 28.6 Å². The third-order valence-corrected chi connectivity index (χ3v) is 5.76. The van der Waals surface area contributed by atoms with E-state index in [-0.39, 0.29) is 0 Å². The first-order chi connectivity index (χ1) is 13.2. The monoisotopic (exact) mass is 363 g/mol. The highest BCUT2D eigenvalue weighted by atomic mass is 15.3. The molecule has 0 atom stereocenters. The molecule has 3 heterocycles. The van der Waals surface area contributed by atoms with Gasteiger partial charge in [0.1, 0.15) is 5.52 Å².